The lowest BCUT2D eigenvalue weighted by Gasteiger charge is -2.75. The van der Waals surface area contributed by atoms with Gasteiger partial charge in [-0.3, -0.25) is 15.0 Å². The highest BCUT2D eigenvalue weighted by molar-refractivity contribution is 7.91. The lowest BCUT2D eigenvalue weighted by Crippen LogP contribution is -2.65. The summed E-state index contributed by atoms with van der Waals surface area (Å²) in [6.07, 6.45) is 13.7. The van der Waals surface area contributed by atoms with Crippen molar-refractivity contribution in [3.8, 4) is 5.75 Å². The molecule has 0 radical (unpaired) electrons. The minimum Gasteiger partial charge on any atom is -0.483 e. The molecule has 326 valence electrons. The first-order valence-electron chi connectivity index (χ1n) is 22.7. The number of hydrogen-bond donors (Lipinski definition) is 1. The molecular weight excluding hydrogens is 787 g/mol. The number of nitrogens with one attached hydrogen (secondary N) is 1. The number of ether oxygens (including phenoxy) is 2. The Bertz CT molecular complexity index is 2370. The second-order valence-electron chi connectivity index (χ2n) is 20.2. The van der Waals surface area contributed by atoms with Crippen LogP contribution in [-0.4, -0.2) is 79.9 Å². The fraction of sp³-hybridized carbons (Fsp3) is 0.571. The second kappa shape index (κ2) is 16.5. The van der Waals surface area contributed by atoms with Crippen LogP contribution in [0.4, 0.5) is 11.4 Å². The van der Waals surface area contributed by atoms with Gasteiger partial charge in [-0.25, -0.2) is 13.4 Å². The molecular formula is C49H63N5O6S. The van der Waals surface area contributed by atoms with Crippen LogP contribution in [0.15, 0.2) is 83.0 Å². The smallest absolute Gasteiger partial charge is 0.273 e. The van der Waals surface area contributed by atoms with E-state index in [0.29, 0.717) is 64.3 Å². The first-order valence-corrected chi connectivity index (χ1v) is 24.3. The van der Waals surface area contributed by atoms with Gasteiger partial charge in [0.05, 0.1) is 21.8 Å². The molecule has 4 aliphatic carbocycles. The first kappa shape index (κ1) is 42.1. The van der Waals surface area contributed by atoms with Crippen molar-refractivity contribution < 1.29 is 22.8 Å². The van der Waals surface area contributed by atoms with Crippen LogP contribution in [-0.2, 0) is 21.0 Å². The predicted octanol–water partition coefficient (Wildman–Crippen LogP) is 9.88. The number of aromatic nitrogens is 2. The minimum atomic E-state index is -4.03. The monoisotopic (exact) mass is 849 g/mol. The molecule has 2 aliphatic heterocycles. The van der Waals surface area contributed by atoms with Crippen molar-refractivity contribution in [2.45, 2.75) is 103 Å². The van der Waals surface area contributed by atoms with E-state index in [4.69, 9.17) is 9.47 Å². The number of piperazine rings is 1. The highest BCUT2D eigenvalue weighted by Crippen LogP contribution is 2.80. The van der Waals surface area contributed by atoms with Crippen molar-refractivity contribution in [1.82, 2.24) is 14.9 Å². The minimum absolute atomic E-state index is 0.0835. The third-order valence-corrected chi connectivity index (χ3v) is 17.1. The molecule has 6 aliphatic rings. The van der Waals surface area contributed by atoms with E-state index < -0.39 is 26.6 Å². The summed E-state index contributed by atoms with van der Waals surface area (Å²) in [5.74, 6) is 1.27. The van der Waals surface area contributed by atoms with E-state index in [1.807, 2.05) is 29.8 Å². The topological polar surface area (TPSA) is 131 Å². The summed E-state index contributed by atoms with van der Waals surface area (Å²) in [6.45, 7) is 16.1. The maximum absolute atomic E-state index is 14.2. The Kier molecular flexibility index (Phi) is 11.3. The van der Waals surface area contributed by atoms with Crippen molar-refractivity contribution in [1.29, 1.82) is 0 Å². The first-order chi connectivity index (χ1) is 29.2. The number of aryl methyl sites for hydroxylation is 1. The summed E-state index contributed by atoms with van der Waals surface area (Å²) in [6, 6.07) is 16.1. The Balaban J connectivity index is 0.893. The number of hydrogen-bond acceptors (Lipinski definition) is 9. The number of rotatable bonds is 15. The molecule has 1 N–H and O–H groups in total. The molecule has 4 heterocycles. The molecule has 1 unspecified atom stereocenters. The summed E-state index contributed by atoms with van der Waals surface area (Å²) in [5.41, 5.74) is 7.94. The summed E-state index contributed by atoms with van der Waals surface area (Å²) in [5, 5.41) is 13.1. The third kappa shape index (κ3) is 8.61. The molecule has 11 nitrogen and oxygen atoms in total. The fourth-order valence-electron chi connectivity index (χ4n) is 11.4. The Morgan fingerprint density at radius 2 is 1.74 bits per heavy atom. The normalized spacial score (nSPS) is 25.0. The van der Waals surface area contributed by atoms with Crippen molar-refractivity contribution >= 4 is 32.2 Å². The molecule has 2 aromatic carbocycles. The van der Waals surface area contributed by atoms with Gasteiger partial charge in [0.1, 0.15) is 17.5 Å². The summed E-state index contributed by atoms with van der Waals surface area (Å²) >= 11 is 0. The zero-order valence-electron chi connectivity index (χ0n) is 36.5. The largest absolute Gasteiger partial charge is 0.483 e. The fourth-order valence-corrected chi connectivity index (χ4v) is 12.8. The van der Waals surface area contributed by atoms with Crippen molar-refractivity contribution in [3.63, 3.8) is 0 Å². The Morgan fingerprint density at radius 1 is 1.00 bits per heavy atom. The maximum atomic E-state index is 14.2. The number of benzene rings is 2. The lowest BCUT2D eigenvalue weighted by atomic mass is 9.29. The van der Waals surface area contributed by atoms with Gasteiger partial charge in [0.15, 0.2) is 9.84 Å². The van der Waals surface area contributed by atoms with Gasteiger partial charge >= 0.3 is 0 Å². The molecule has 3 saturated carbocycles. The quantitative estimate of drug-likeness (QED) is 0.0706. The van der Waals surface area contributed by atoms with E-state index in [9.17, 15) is 18.5 Å². The van der Waals surface area contributed by atoms with E-state index in [1.54, 1.807) is 24.0 Å². The second-order valence-corrected chi connectivity index (χ2v) is 22.3. The Labute approximate surface area is 361 Å². The number of H-pyrrole nitrogens is 1. The molecule has 2 bridgehead atoms. The van der Waals surface area contributed by atoms with E-state index >= 15 is 0 Å². The van der Waals surface area contributed by atoms with Crippen LogP contribution in [0, 0.1) is 38.2 Å². The van der Waals surface area contributed by atoms with Gasteiger partial charge in [-0.15, -0.1) is 0 Å². The van der Waals surface area contributed by atoms with E-state index in [2.05, 4.69) is 59.6 Å². The molecule has 2 aromatic heterocycles. The van der Waals surface area contributed by atoms with Crippen molar-refractivity contribution in [2.75, 3.05) is 56.6 Å². The molecule has 0 amide bonds. The zero-order chi connectivity index (χ0) is 42.6. The third-order valence-electron chi connectivity index (χ3n) is 15.3. The van der Waals surface area contributed by atoms with Gasteiger partial charge in [0.25, 0.3) is 5.69 Å². The van der Waals surface area contributed by atoms with E-state index in [1.165, 1.54) is 50.7 Å². The van der Waals surface area contributed by atoms with Crippen LogP contribution in [0.25, 0.3) is 11.0 Å². The molecule has 10 rings (SSSR count). The number of nitro benzene ring substituents is 1. The van der Waals surface area contributed by atoms with Crippen LogP contribution >= 0.6 is 0 Å². The predicted molar refractivity (Wildman–Crippen MR) is 240 cm³/mol. The number of fused-ring (bicyclic) bond motifs is 1. The SMILES string of the molecule is CC(C)C12CC(C3=C(CN4CCN(c5ccc(C(CS(=O)(=O)c6ccc(CCC7CCOCC7)c([N+](=O)[O-])c6)Oc6cnc7[nH]ccc7c6)cc5)CC4)CCC(C)(C)C3)(C1)C2. The molecule has 0 spiro atoms. The number of aromatic amines is 1. The van der Waals surface area contributed by atoms with Crippen molar-refractivity contribution in [2.24, 2.45) is 28.1 Å². The lowest BCUT2D eigenvalue weighted by molar-refractivity contribution is -0.385. The number of nitro groups is 1. The van der Waals surface area contributed by atoms with Crippen LogP contribution in [0.5, 0.6) is 5.75 Å². The molecule has 12 heteroatoms. The average Bonchev–Trinajstić information content (AvgIpc) is 3.68. The van der Waals surface area contributed by atoms with Gasteiger partial charge in [-0.1, -0.05) is 57.0 Å². The van der Waals surface area contributed by atoms with Gasteiger partial charge < -0.3 is 19.4 Å². The number of sulfone groups is 1. The molecule has 5 fully saturated rings. The highest BCUT2D eigenvalue weighted by Gasteiger charge is 2.70. The molecule has 1 atom stereocenters. The summed E-state index contributed by atoms with van der Waals surface area (Å²) in [7, 11) is -4.03. The van der Waals surface area contributed by atoms with Gasteiger partial charge in [0.2, 0.25) is 0 Å². The van der Waals surface area contributed by atoms with Crippen molar-refractivity contribution in [3.05, 3.63) is 99.4 Å². The van der Waals surface area contributed by atoms with E-state index in [0.717, 1.165) is 69.0 Å². The number of anilines is 1. The molecule has 4 aromatic rings. The van der Waals surface area contributed by atoms with E-state index in [-0.39, 0.29) is 10.6 Å². The Morgan fingerprint density at radius 3 is 2.44 bits per heavy atom. The standard InChI is InChI=1S/C49H63N5O6S/c1-34(2)48-31-49(32-48,33-48)43-27-47(3,4)17-13-39(43)29-52-19-21-53(22-20-52)40-10-7-37(8-11-40)45(60-41-25-38-14-18-50-46(38)51-28-41)30-61(57,58)42-12-9-36(44(26-42)54(55)56)6-5-35-15-23-59-24-16-35/h7-12,14,18,25-26,28,34-35,45H,5-6,13,15-17,19-24,27,29-33H2,1-4H3,(H,50,51). The molecule has 2 saturated heterocycles. The van der Waals surface area contributed by atoms with Crippen LogP contribution in [0.2, 0.25) is 0 Å². The number of nitrogens with zero attached hydrogens (tertiary/aromatic N) is 4. The highest BCUT2D eigenvalue weighted by atomic mass is 32.2. The van der Waals surface area contributed by atoms with Crippen LogP contribution in [0.3, 0.4) is 0 Å². The van der Waals surface area contributed by atoms with Gasteiger partial charge in [-0.05, 0) is 128 Å². The molecule has 61 heavy (non-hydrogen) atoms. The summed E-state index contributed by atoms with van der Waals surface area (Å²) < 4.78 is 40.3. The Hall–Kier alpha value is -4.26. The number of pyridine rings is 1. The number of allylic oxidation sites excluding steroid dienone is 1. The average molecular weight is 850 g/mol. The van der Waals surface area contributed by atoms with Gasteiger partial charge in [0, 0.05) is 74.8 Å². The zero-order valence-corrected chi connectivity index (χ0v) is 37.3. The van der Waals surface area contributed by atoms with Crippen LogP contribution < -0.4 is 9.64 Å². The maximum Gasteiger partial charge on any atom is 0.273 e. The summed E-state index contributed by atoms with van der Waals surface area (Å²) in [4.78, 5) is 24.3. The van der Waals surface area contributed by atoms with Gasteiger partial charge in [-0.2, -0.15) is 0 Å². The van der Waals surface area contributed by atoms with Crippen LogP contribution in [0.1, 0.15) is 103 Å².